The number of anilines is 1. The molecule has 2 aromatic rings. The molecule has 0 bridgehead atoms. The molecule has 0 saturated heterocycles. The van der Waals surface area contributed by atoms with E-state index in [0.717, 1.165) is 11.3 Å². The fourth-order valence-corrected chi connectivity index (χ4v) is 1.55. The SMILES string of the molecule is Cc1cccnc1CNc1ccnc(C(=O)O)c1. The molecule has 0 atom stereocenters. The summed E-state index contributed by atoms with van der Waals surface area (Å²) in [4.78, 5) is 18.8. The molecule has 2 aromatic heterocycles. The molecule has 0 aliphatic heterocycles. The van der Waals surface area contributed by atoms with E-state index in [9.17, 15) is 4.79 Å². The molecule has 0 saturated carbocycles. The summed E-state index contributed by atoms with van der Waals surface area (Å²) in [6.07, 6.45) is 3.20. The zero-order valence-electron chi connectivity index (χ0n) is 9.92. The standard InChI is InChI=1S/C13H13N3O2/c1-9-3-2-5-14-12(9)8-16-10-4-6-15-11(7-10)13(17)18/h2-7H,8H2,1H3,(H,15,16)(H,17,18). The maximum Gasteiger partial charge on any atom is 0.354 e. The average Bonchev–Trinajstić information content (AvgIpc) is 2.38. The minimum Gasteiger partial charge on any atom is -0.477 e. The molecule has 92 valence electrons. The lowest BCUT2D eigenvalue weighted by Crippen LogP contribution is -2.05. The number of nitrogens with one attached hydrogen (secondary N) is 1. The van der Waals surface area contributed by atoms with Crippen molar-refractivity contribution < 1.29 is 9.90 Å². The first-order chi connectivity index (χ1) is 8.66. The number of aromatic nitrogens is 2. The Bertz CT molecular complexity index is 570. The first-order valence-electron chi connectivity index (χ1n) is 5.50. The van der Waals surface area contributed by atoms with Crippen LogP contribution in [-0.2, 0) is 6.54 Å². The monoisotopic (exact) mass is 243 g/mol. The van der Waals surface area contributed by atoms with E-state index in [2.05, 4.69) is 15.3 Å². The normalized spacial score (nSPS) is 10.1. The Kier molecular flexibility index (Phi) is 3.52. The van der Waals surface area contributed by atoms with Gasteiger partial charge in [-0.3, -0.25) is 4.98 Å². The second-order valence-electron chi connectivity index (χ2n) is 3.86. The summed E-state index contributed by atoms with van der Waals surface area (Å²) in [6.45, 7) is 2.54. The Hall–Kier alpha value is -2.43. The summed E-state index contributed by atoms with van der Waals surface area (Å²) in [5.41, 5.74) is 2.77. The van der Waals surface area contributed by atoms with Crippen molar-refractivity contribution in [1.82, 2.24) is 9.97 Å². The molecule has 0 fully saturated rings. The van der Waals surface area contributed by atoms with Crippen molar-refractivity contribution in [3.8, 4) is 0 Å². The zero-order chi connectivity index (χ0) is 13.0. The summed E-state index contributed by atoms with van der Waals surface area (Å²) < 4.78 is 0. The van der Waals surface area contributed by atoms with Crippen LogP contribution in [0.15, 0.2) is 36.7 Å². The summed E-state index contributed by atoms with van der Waals surface area (Å²) >= 11 is 0. The van der Waals surface area contributed by atoms with Crippen molar-refractivity contribution in [2.24, 2.45) is 0 Å². The fourth-order valence-electron chi connectivity index (χ4n) is 1.55. The van der Waals surface area contributed by atoms with Crippen LogP contribution < -0.4 is 5.32 Å². The molecule has 0 aliphatic rings. The number of aryl methyl sites for hydroxylation is 1. The van der Waals surface area contributed by atoms with Gasteiger partial charge < -0.3 is 10.4 Å². The number of pyridine rings is 2. The lowest BCUT2D eigenvalue weighted by atomic mass is 10.2. The Labute approximate surface area is 105 Å². The molecule has 2 heterocycles. The number of hydrogen-bond acceptors (Lipinski definition) is 4. The Morgan fingerprint density at radius 3 is 2.89 bits per heavy atom. The molecule has 0 radical (unpaired) electrons. The number of rotatable bonds is 4. The van der Waals surface area contributed by atoms with Gasteiger partial charge in [-0.2, -0.15) is 0 Å². The molecule has 0 amide bonds. The van der Waals surface area contributed by atoms with Gasteiger partial charge >= 0.3 is 5.97 Å². The minimum absolute atomic E-state index is 0.0257. The van der Waals surface area contributed by atoms with Gasteiger partial charge in [0, 0.05) is 18.1 Å². The fraction of sp³-hybridized carbons (Fsp3) is 0.154. The molecule has 18 heavy (non-hydrogen) atoms. The number of carboxylic acid groups (broad SMARTS) is 1. The third kappa shape index (κ3) is 2.82. The van der Waals surface area contributed by atoms with Crippen molar-refractivity contribution in [1.29, 1.82) is 0 Å². The van der Waals surface area contributed by atoms with E-state index in [-0.39, 0.29) is 5.69 Å². The topological polar surface area (TPSA) is 75.1 Å². The third-order valence-corrected chi connectivity index (χ3v) is 2.56. The van der Waals surface area contributed by atoms with Gasteiger partial charge in [0.25, 0.3) is 0 Å². The molecular formula is C13H13N3O2. The molecule has 2 N–H and O–H groups in total. The second-order valence-corrected chi connectivity index (χ2v) is 3.86. The minimum atomic E-state index is -1.03. The van der Waals surface area contributed by atoms with Crippen molar-refractivity contribution in [2.45, 2.75) is 13.5 Å². The number of carbonyl (C=O) groups is 1. The highest BCUT2D eigenvalue weighted by Gasteiger charge is 2.05. The van der Waals surface area contributed by atoms with Crippen LogP contribution in [0.1, 0.15) is 21.7 Å². The highest BCUT2D eigenvalue weighted by atomic mass is 16.4. The summed E-state index contributed by atoms with van der Waals surface area (Å²) in [6, 6.07) is 7.10. The van der Waals surface area contributed by atoms with Crippen LogP contribution >= 0.6 is 0 Å². The van der Waals surface area contributed by atoms with Crippen LogP contribution in [0.3, 0.4) is 0 Å². The largest absolute Gasteiger partial charge is 0.477 e. The number of aromatic carboxylic acids is 1. The van der Waals surface area contributed by atoms with Crippen LogP contribution in [-0.4, -0.2) is 21.0 Å². The summed E-state index contributed by atoms with van der Waals surface area (Å²) in [5.74, 6) is -1.03. The zero-order valence-corrected chi connectivity index (χ0v) is 9.92. The van der Waals surface area contributed by atoms with Crippen LogP contribution in [0.5, 0.6) is 0 Å². The van der Waals surface area contributed by atoms with Gasteiger partial charge in [-0.05, 0) is 30.7 Å². The molecule has 5 heteroatoms. The van der Waals surface area contributed by atoms with Gasteiger partial charge in [0.2, 0.25) is 0 Å². The van der Waals surface area contributed by atoms with Crippen molar-refractivity contribution in [2.75, 3.05) is 5.32 Å². The molecular weight excluding hydrogens is 230 g/mol. The summed E-state index contributed by atoms with van der Waals surface area (Å²) in [5, 5.41) is 12.0. The Morgan fingerprint density at radius 1 is 1.33 bits per heavy atom. The first-order valence-corrected chi connectivity index (χ1v) is 5.50. The molecule has 0 spiro atoms. The molecule has 2 rings (SSSR count). The van der Waals surface area contributed by atoms with Crippen molar-refractivity contribution >= 4 is 11.7 Å². The Morgan fingerprint density at radius 2 is 2.17 bits per heavy atom. The van der Waals surface area contributed by atoms with Gasteiger partial charge in [0.05, 0.1) is 12.2 Å². The highest BCUT2D eigenvalue weighted by Crippen LogP contribution is 2.11. The second kappa shape index (κ2) is 5.27. The lowest BCUT2D eigenvalue weighted by Gasteiger charge is -2.08. The van der Waals surface area contributed by atoms with Crippen LogP contribution in [0.2, 0.25) is 0 Å². The number of nitrogens with zero attached hydrogens (tertiary/aromatic N) is 2. The van der Waals surface area contributed by atoms with Crippen molar-refractivity contribution in [3.05, 3.63) is 53.6 Å². The highest BCUT2D eigenvalue weighted by molar-refractivity contribution is 5.86. The maximum atomic E-state index is 10.8. The van der Waals surface area contributed by atoms with E-state index in [1.807, 2.05) is 19.1 Å². The predicted molar refractivity (Wildman–Crippen MR) is 67.5 cm³/mol. The van der Waals surface area contributed by atoms with Gasteiger partial charge in [0.15, 0.2) is 0 Å². The molecule has 0 aromatic carbocycles. The lowest BCUT2D eigenvalue weighted by molar-refractivity contribution is 0.0690. The van der Waals surface area contributed by atoms with E-state index < -0.39 is 5.97 Å². The van der Waals surface area contributed by atoms with Crippen molar-refractivity contribution in [3.63, 3.8) is 0 Å². The van der Waals surface area contributed by atoms with Crippen LogP contribution in [0.4, 0.5) is 5.69 Å². The van der Waals surface area contributed by atoms with Gasteiger partial charge in [-0.1, -0.05) is 6.07 Å². The molecule has 0 unspecified atom stereocenters. The number of hydrogen-bond donors (Lipinski definition) is 2. The average molecular weight is 243 g/mol. The Balaban J connectivity index is 2.09. The smallest absolute Gasteiger partial charge is 0.354 e. The number of carboxylic acids is 1. The quantitative estimate of drug-likeness (QED) is 0.860. The van der Waals surface area contributed by atoms with Gasteiger partial charge in [0.1, 0.15) is 5.69 Å². The molecule has 0 aliphatic carbocycles. The van der Waals surface area contributed by atoms with Crippen LogP contribution in [0.25, 0.3) is 0 Å². The van der Waals surface area contributed by atoms with E-state index in [0.29, 0.717) is 12.2 Å². The predicted octanol–water partition coefficient (Wildman–Crippen LogP) is 2.10. The van der Waals surface area contributed by atoms with Gasteiger partial charge in [-0.15, -0.1) is 0 Å². The van der Waals surface area contributed by atoms with Gasteiger partial charge in [-0.25, -0.2) is 9.78 Å². The molecule has 5 nitrogen and oxygen atoms in total. The third-order valence-electron chi connectivity index (χ3n) is 2.56. The van der Waals surface area contributed by atoms with E-state index in [1.54, 1.807) is 12.3 Å². The van der Waals surface area contributed by atoms with E-state index >= 15 is 0 Å². The van der Waals surface area contributed by atoms with E-state index in [1.165, 1.54) is 12.3 Å². The maximum absolute atomic E-state index is 10.8. The van der Waals surface area contributed by atoms with Crippen LogP contribution in [0, 0.1) is 6.92 Å². The van der Waals surface area contributed by atoms with E-state index in [4.69, 9.17) is 5.11 Å². The first kappa shape index (κ1) is 12.0. The summed E-state index contributed by atoms with van der Waals surface area (Å²) in [7, 11) is 0.